The SMILES string of the molecule is Cc1nc(C2(C(N)=O)CCCCC2)no1. The fraction of sp³-hybridized carbons (Fsp3) is 0.700. The molecular formula is C10H15N3O2. The molecule has 1 aliphatic carbocycles. The smallest absolute Gasteiger partial charge is 0.231 e. The third-order valence-electron chi connectivity index (χ3n) is 3.13. The lowest BCUT2D eigenvalue weighted by atomic mass is 9.73. The van der Waals surface area contributed by atoms with Crippen molar-refractivity contribution in [2.24, 2.45) is 5.73 Å². The Balaban J connectivity index is 2.37. The molecule has 1 aromatic heterocycles. The predicted octanol–water partition coefficient (Wildman–Crippen LogP) is 1.07. The van der Waals surface area contributed by atoms with E-state index in [9.17, 15) is 4.79 Å². The minimum atomic E-state index is -0.685. The van der Waals surface area contributed by atoms with Crippen molar-refractivity contribution in [2.75, 3.05) is 0 Å². The Bertz CT molecular complexity index is 366. The van der Waals surface area contributed by atoms with Crippen LogP contribution in [-0.4, -0.2) is 16.0 Å². The van der Waals surface area contributed by atoms with Gasteiger partial charge in [0.15, 0.2) is 5.82 Å². The second-order valence-electron chi connectivity index (χ2n) is 4.14. The molecule has 0 aliphatic heterocycles. The molecule has 2 N–H and O–H groups in total. The zero-order valence-corrected chi connectivity index (χ0v) is 8.82. The molecule has 0 unspecified atom stereocenters. The highest BCUT2D eigenvalue weighted by Crippen LogP contribution is 2.37. The van der Waals surface area contributed by atoms with E-state index >= 15 is 0 Å². The van der Waals surface area contributed by atoms with Gasteiger partial charge in [-0.15, -0.1) is 0 Å². The summed E-state index contributed by atoms with van der Waals surface area (Å²) in [4.78, 5) is 15.7. The van der Waals surface area contributed by atoms with Crippen molar-refractivity contribution in [1.29, 1.82) is 0 Å². The van der Waals surface area contributed by atoms with Crippen LogP contribution in [0.3, 0.4) is 0 Å². The number of carbonyl (C=O) groups is 1. The van der Waals surface area contributed by atoms with Crippen molar-refractivity contribution < 1.29 is 9.32 Å². The molecule has 1 amide bonds. The minimum Gasteiger partial charge on any atom is -0.369 e. The van der Waals surface area contributed by atoms with Gasteiger partial charge in [-0.25, -0.2) is 0 Å². The summed E-state index contributed by atoms with van der Waals surface area (Å²) in [5, 5.41) is 3.85. The Hall–Kier alpha value is -1.39. The van der Waals surface area contributed by atoms with Crippen LogP contribution in [0.5, 0.6) is 0 Å². The van der Waals surface area contributed by atoms with Crippen LogP contribution in [0.1, 0.15) is 43.8 Å². The summed E-state index contributed by atoms with van der Waals surface area (Å²) in [6.07, 6.45) is 4.61. The first kappa shape index (κ1) is 10.1. The van der Waals surface area contributed by atoms with Crippen LogP contribution in [0.4, 0.5) is 0 Å². The Labute approximate surface area is 88.0 Å². The largest absolute Gasteiger partial charge is 0.369 e. The molecule has 0 spiro atoms. The minimum absolute atomic E-state index is 0.331. The first-order valence-corrected chi connectivity index (χ1v) is 5.26. The molecule has 1 aromatic rings. The summed E-state index contributed by atoms with van der Waals surface area (Å²) in [7, 11) is 0. The molecule has 2 rings (SSSR count). The summed E-state index contributed by atoms with van der Waals surface area (Å²) in [5.41, 5.74) is 4.80. The second-order valence-corrected chi connectivity index (χ2v) is 4.14. The number of primary amides is 1. The molecule has 5 nitrogen and oxygen atoms in total. The lowest BCUT2D eigenvalue weighted by molar-refractivity contribution is -0.125. The van der Waals surface area contributed by atoms with Crippen LogP contribution in [0.25, 0.3) is 0 Å². The zero-order chi connectivity index (χ0) is 10.9. The van der Waals surface area contributed by atoms with E-state index in [1.165, 1.54) is 0 Å². The molecular weight excluding hydrogens is 194 g/mol. The van der Waals surface area contributed by atoms with Gasteiger partial charge >= 0.3 is 0 Å². The Morgan fingerprint density at radius 1 is 1.40 bits per heavy atom. The van der Waals surface area contributed by atoms with Crippen molar-refractivity contribution in [3.05, 3.63) is 11.7 Å². The molecule has 0 bridgehead atoms. The van der Waals surface area contributed by atoms with Gasteiger partial charge in [-0.1, -0.05) is 24.4 Å². The summed E-state index contributed by atoms with van der Waals surface area (Å²) in [5.74, 6) is 0.617. The Morgan fingerprint density at radius 2 is 2.07 bits per heavy atom. The van der Waals surface area contributed by atoms with Crippen molar-refractivity contribution in [3.63, 3.8) is 0 Å². The molecule has 1 fully saturated rings. The first-order valence-electron chi connectivity index (χ1n) is 5.26. The lowest BCUT2D eigenvalue weighted by Crippen LogP contribution is -2.43. The van der Waals surface area contributed by atoms with Gasteiger partial charge in [0, 0.05) is 6.92 Å². The molecule has 1 saturated carbocycles. The zero-order valence-electron chi connectivity index (χ0n) is 8.82. The number of carbonyl (C=O) groups excluding carboxylic acids is 1. The van der Waals surface area contributed by atoms with Gasteiger partial charge < -0.3 is 10.3 Å². The van der Waals surface area contributed by atoms with Crippen molar-refractivity contribution in [3.8, 4) is 0 Å². The number of rotatable bonds is 2. The average Bonchev–Trinajstić information content (AvgIpc) is 2.66. The molecule has 1 heterocycles. The van der Waals surface area contributed by atoms with E-state index in [0.717, 1.165) is 32.1 Å². The number of aryl methyl sites for hydroxylation is 1. The highest BCUT2D eigenvalue weighted by atomic mass is 16.5. The van der Waals surface area contributed by atoms with Crippen molar-refractivity contribution >= 4 is 5.91 Å². The molecule has 82 valence electrons. The number of hydrogen-bond donors (Lipinski definition) is 1. The third kappa shape index (κ3) is 1.62. The number of nitrogens with zero attached hydrogens (tertiary/aromatic N) is 2. The third-order valence-corrected chi connectivity index (χ3v) is 3.13. The van der Waals surface area contributed by atoms with Gasteiger partial charge in [0.1, 0.15) is 5.41 Å². The average molecular weight is 209 g/mol. The maximum absolute atomic E-state index is 11.6. The van der Waals surface area contributed by atoms with Crippen LogP contribution >= 0.6 is 0 Å². The summed E-state index contributed by atoms with van der Waals surface area (Å²) in [6.45, 7) is 1.72. The van der Waals surface area contributed by atoms with E-state index in [-0.39, 0.29) is 5.91 Å². The lowest BCUT2D eigenvalue weighted by Gasteiger charge is -2.30. The van der Waals surface area contributed by atoms with Gasteiger partial charge in [-0.2, -0.15) is 4.98 Å². The number of aromatic nitrogens is 2. The van der Waals surface area contributed by atoms with Crippen LogP contribution in [0, 0.1) is 6.92 Å². The van der Waals surface area contributed by atoms with E-state index in [1.54, 1.807) is 6.92 Å². The number of hydrogen-bond acceptors (Lipinski definition) is 4. The Morgan fingerprint density at radius 3 is 2.53 bits per heavy atom. The van der Waals surface area contributed by atoms with Crippen molar-refractivity contribution in [1.82, 2.24) is 10.1 Å². The second kappa shape index (κ2) is 3.64. The summed E-state index contributed by atoms with van der Waals surface area (Å²) in [6, 6.07) is 0. The predicted molar refractivity (Wildman–Crippen MR) is 53.0 cm³/mol. The summed E-state index contributed by atoms with van der Waals surface area (Å²) < 4.78 is 4.92. The molecule has 0 saturated heterocycles. The van der Waals surface area contributed by atoms with E-state index in [1.807, 2.05) is 0 Å². The first-order chi connectivity index (χ1) is 7.15. The van der Waals surface area contributed by atoms with Gasteiger partial charge in [0.2, 0.25) is 11.8 Å². The molecule has 0 aromatic carbocycles. The van der Waals surface area contributed by atoms with Gasteiger partial charge in [0.25, 0.3) is 0 Å². The van der Waals surface area contributed by atoms with Gasteiger partial charge in [-0.3, -0.25) is 4.79 Å². The van der Waals surface area contributed by atoms with Gasteiger partial charge in [-0.05, 0) is 12.8 Å². The Kier molecular flexibility index (Phi) is 2.46. The topological polar surface area (TPSA) is 82.0 Å². The summed E-state index contributed by atoms with van der Waals surface area (Å²) >= 11 is 0. The van der Waals surface area contributed by atoms with E-state index < -0.39 is 5.41 Å². The van der Waals surface area contributed by atoms with Gasteiger partial charge in [0.05, 0.1) is 0 Å². The fourth-order valence-electron chi connectivity index (χ4n) is 2.23. The monoisotopic (exact) mass is 209 g/mol. The molecule has 0 atom stereocenters. The highest BCUT2D eigenvalue weighted by Gasteiger charge is 2.43. The van der Waals surface area contributed by atoms with Crippen LogP contribution < -0.4 is 5.73 Å². The molecule has 0 radical (unpaired) electrons. The molecule has 15 heavy (non-hydrogen) atoms. The maximum Gasteiger partial charge on any atom is 0.231 e. The normalized spacial score (nSPS) is 20.1. The quantitative estimate of drug-likeness (QED) is 0.789. The van der Waals surface area contributed by atoms with Crippen molar-refractivity contribution in [2.45, 2.75) is 44.4 Å². The molecule has 5 heteroatoms. The number of amides is 1. The van der Waals surface area contributed by atoms with Crippen LogP contribution in [0.2, 0.25) is 0 Å². The molecule has 1 aliphatic rings. The fourth-order valence-corrected chi connectivity index (χ4v) is 2.23. The number of nitrogens with two attached hydrogens (primary N) is 1. The van der Waals surface area contributed by atoms with Crippen LogP contribution in [0.15, 0.2) is 4.52 Å². The van der Waals surface area contributed by atoms with E-state index in [2.05, 4.69) is 10.1 Å². The standard InChI is InChI=1S/C10H15N3O2/c1-7-12-9(13-15-7)10(8(11)14)5-3-2-4-6-10/h2-6H2,1H3,(H2,11,14). The van der Waals surface area contributed by atoms with E-state index in [4.69, 9.17) is 10.3 Å². The van der Waals surface area contributed by atoms with Crippen LogP contribution in [-0.2, 0) is 10.2 Å². The van der Waals surface area contributed by atoms with E-state index in [0.29, 0.717) is 11.7 Å². The maximum atomic E-state index is 11.6. The highest BCUT2D eigenvalue weighted by molar-refractivity contribution is 5.85.